The molecule has 0 saturated carbocycles. The Kier molecular flexibility index (Phi) is 7.32. The first-order valence-corrected chi connectivity index (χ1v) is 3.47. The predicted molar refractivity (Wildman–Crippen MR) is 38.1 cm³/mol. The highest BCUT2D eigenvalue weighted by Crippen LogP contribution is 1.89. The molecule has 0 rings (SSSR count). The van der Waals surface area contributed by atoms with Gasteiger partial charge >= 0.3 is 0 Å². The second-order valence-electron chi connectivity index (χ2n) is 2.03. The van der Waals surface area contributed by atoms with E-state index < -0.39 is 0 Å². The van der Waals surface area contributed by atoms with Crippen molar-refractivity contribution in [3.8, 4) is 0 Å². The fraction of sp³-hybridized carbons (Fsp3) is 0.857. The molecule has 2 nitrogen and oxygen atoms in total. The van der Waals surface area contributed by atoms with Crippen molar-refractivity contribution >= 4 is 6.29 Å². The average Bonchev–Trinajstić information content (AvgIpc) is 1.89. The van der Waals surface area contributed by atoms with Crippen LogP contribution < -0.4 is 5.32 Å². The number of rotatable bonds is 6. The van der Waals surface area contributed by atoms with Gasteiger partial charge in [0.2, 0.25) is 6.29 Å². The lowest BCUT2D eigenvalue weighted by atomic mass is 10.2. The molecular formula is C7H14NO. The molecule has 0 atom stereocenters. The summed E-state index contributed by atoms with van der Waals surface area (Å²) in [7, 11) is 0. The molecule has 2 heteroatoms. The molecule has 0 spiro atoms. The Bertz CT molecular complexity index is 63.9. The molecule has 0 fully saturated rings. The largest absolute Gasteiger partial charge is 0.310 e. The van der Waals surface area contributed by atoms with Gasteiger partial charge in [0, 0.05) is 0 Å². The van der Waals surface area contributed by atoms with E-state index in [1.165, 1.54) is 12.8 Å². The molecule has 0 aromatic rings. The van der Waals surface area contributed by atoms with Crippen LogP contribution in [0.15, 0.2) is 0 Å². The molecular weight excluding hydrogens is 114 g/mol. The summed E-state index contributed by atoms with van der Waals surface area (Å²) in [5.74, 6) is 0. The summed E-state index contributed by atoms with van der Waals surface area (Å²) in [6, 6.07) is 0. The van der Waals surface area contributed by atoms with Gasteiger partial charge in [0.1, 0.15) is 0 Å². The third kappa shape index (κ3) is 7.63. The Morgan fingerprint density at radius 2 is 2.22 bits per heavy atom. The molecule has 0 aromatic heterocycles. The van der Waals surface area contributed by atoms with Crippen LogP contribution in [0.3, 0.4) is 0 Å². The maximum Gasteiger partial charge on any atom is 0.213 e. The van der Waals surface area contributed by atoms with E-state index in [1.54, 1.807) is 6.29 Å². The van der Waals surface area contributed by atoms with Crippen molar-refractivity contribution in [2.75, 3.05) is 13.1 Å². The standard InChI is InChI=1S/C7H14NO/c1-2-3-4-5-8-6-7-9/h8H,2-6H2,1H3. The first kappa shape index (κ1) is 8.63. The second kappa shape index (κ2) is 7.63. The molecule has 0 heterocycles. The van der Waals surface area contributed by atoms with Crippen LogP contribution in [-0.4, -0.2) is 19.4 Å². The molecule has 0 aliphatic heterocycles. The third-order valence-corrected chi connectivity index (χ3v) is 1.15. The molecule has 9 heavy (non-hydrogen) atoms. The summed E-state index contributed by atoms with van der Waals surface area (Å²) in [4.78, 5) is 9.65. The summed E-state index contributed by atoms with van der Waals surface area (Å²) >= 11 is 0. The normalized spacial score (nSPS) is 9.44. The van der Waals surface area contributed by atoms with Crippen LogP contribution in [0.5, 0.6) is 0 Å². The number of hydrogen-bond donors (Lipinski definition) is 1. The second-order valence-corrected chi connectivity index (χ2v) is 2.03. The van der Waals surface area contributed by atoms with Gasteiger partial charge < -0.3 is 5.32 Å². The van der Waals surface area contributed by atoms with E-state index in [0.29, 0.717) is 6.54 Å². The van der Waals surface area contributed by atoms with Crippen molar-refractivity contribution in [2.45, 2.75) is 26.2 Å². The number of carbonyl (C=O) groups excluding carboxylic acids is 1. The van der Waals surface area contributed by atoms with Crippen molar-refractivity contribution in [1.29, 1.82) is 0 Å². The zero-order chi connectivity index (χ0) is 6.95. The van der Waals surface area contributed by atoms with Crippen LogP contribution in [0.1, 0.15) is 26.2 Å². The summed E-state index contributed by atoms with van der Waals surface area (Å²) in [6.45, 7) is 3.48. The molecule has 0 aromatic carbocycles. The maximum absolute atomic E-state index is 9.65. The molecule has 1 radical (unpaired) electrons. The van der Waals surface area contributed by atoms with Gasteiger partial charge in [-0.2, -0.15) is 0 Å². The Balaban J connectivity index is 2.66. The lowest BCUT2D eigenvalue weighted by molar-refractivity contribution is 0.545. The highest BCUT2D eigenvalue weighted by atomic mass is 16.1. The predicted octanol–water partition coefficient (Wildman–Crippen LogP) is 0.876. The number of nitrogens with one attached hydrogen (secondary N) is 1. The number of unbranched alkanes of at least 4 members (excludes halogenated alkanes) is 2. The molecule has 0 aliphatic carbocycles. The van der Waals surface area contributed by atoms with Gasteiger partial charge in [0.15, 0.2) is 0 Å². The lowest BCUT2D eigenvalue weighted by Crippen LogP contribution is -2.17. The van der Waals surface area contributed by atoms with Gasteiger partial charge in [0.05, 0.1) is 6.54 Å². The monoisotopic (exact) mass is 128 g/mol. The molecule has 1 N–H and O–H groups in total. The molecule has 0 saturated heterocycles. The zero-order valence-corrected chi connectivity index (χ0v) is 5.94. The topological polar surface area (TPSA) is 29.1 Å². The van der Waals surface area contributed by atoms with E-state index in [9.17, 15) is 4.79 Å². The van der Waals surface area contributed by atoms with E-state index in [2.05, 4.69) is 12.2 Å². The third-order valence-electron chi connectivity index (χ3n) is 1.15. The van der Waals surface area contributed by atoms with Gasteiger partial charge in [-0.1, -0.05) is 19.8 Å². The zero-order valence-electron chi connectivity index (χ0n) is 5.94. The van der Waals surface area contributed by atoms with E-state index >= 15 is 0 Å². The van der Waals surface area contributed by atoms with Gasteiger partial charge in [-0.05, 0) is 13.0 Å². The van der Waals surface area contributed by atoms with E-state index in [0.717, 1.165) is 13.0 Å². The van der Waals surface area contributed by atoms with Crippen molar-refractivity contribution in [2.24, 2.45) is 0 Å². The Hall–Kier alpha value is -0.370. The van der Waals surface area contributed by atoms with Crippen LogP contribution in [0, 0.1) is 0 Å². The highest BCUT2D eigenvalue weighted by molar-refractivity contribution is 5.52. The van der Waals surface area contributed by atoms with Crippen molar-refractivity contribution in [1.82, 2.24) is 5.32 Å². The van der Waals surface area contributed by atoms with Crippen molar-refractivity contribution < 1.29 is 4.79 Å². The first-order valence-electron chi connectivity index (χ1n) is 3.47. The minimum Gasteiger partial charge on any atom is -0.310 e. The number of hydrogen-bond acceptors (Lipinski definition) is 2. The van der Waals surface area contributed by atoms with E-state index in [1.807, 2.05) is 0 Å². The quantitative estimate of drug-likeness (QED) is 0.538. The fourth-order valence-corrected chi connectivity index (χ4v) is 0.639. The van der Waals surface area contributed by atoms with Crippen LogP contribution in [0.4, 0.5) is 0 Å². The molecule has 0 unspecified atom stereocenters. The maximum atomic E-state index is 9.65. The summed E-state index contributed by atoms with van der Waals surface area (Å²) in [5, 5.41) is 2.95. The van der Waals surface area contributed by atoms with Crippen LogP contribution in [0.2, 0.25) is 0 Å². The molecule has 53 valence electrons. The van der Waals surface area contributed by atoms with E-state index in [4.69, 9.17) is 0 Å². The molecule has 0 aliphatic rings. The molecule has 0 bridgehead atoms. The summed E-state index contributed by atoms with van der Waals surface area (Å²) < 4.78 is 0. The van der Waals surface area contributed by atoms with Crippen LogP contribution >= 0.6 is 0 Å². The smallest absolute Gasteiger partial charge is 0.213 e. The average molecular weight is 128 g/mol. The Morgan fingerprint density at radius 1 is 1.44 bits per heavy atom. The van der Waals surface area contributed by atoms with Crippen molar-refractivity contribution in [3.63, 3.8) is 0 Å². The van der Waals surface area contributed by atoms with Gasteiger partial charge in [0.25, 0.3) is 0 Å². The van der Waals surface area contributed by atoms with Gasteiger partial charge in [-0.3, -0.25) is 4.79 Å². The van der Waals surface area contributed by atoms with Gasteiger partial charge in [-0.25, -0.2) is 0 Å². The summed E-state index contributed by atoms with van der Waals surface area (Å²) in [6.07, 6.45) is 5.42. The van der Waals surface area contributed by atoms with E-state index in [-0.39, 0.29) is 0 Å². The van der Waals surface area contributed by atoms with Gasteiger partial charge in [-0.15, -0.1) is 0 Å². The lowest BCUT2D eigenvalue weighted by Gasteiger charge is -1.96. The first-order chi connectivity index (χ1) is 4.41. The highest BCUT2D eigenvalue weighted by Gasteiger charge is 1.84. The molecule has 0 amide bonds. The summed E-state index contributed by atoms with van der Waals surface area (Å²) in [5.41, 5.74) is 0. The fourth-order valence-electron chi connectivity index (χ4n) is 0.639. The minimum atomic E-state index is 0.379. The minimum absolute atomic E-state index is 0.379. The Morgan fingerprint density at radius 3 is 2.78 bits per heavy atom. The Labute approximate surface area is 56.6 Å². The van der Waals surface area contributed by atoms with Crippen LogP contribution in [0.25, 0.3) is 0 Å². The van der Waals surface area contributed by atoms with Crippen LogP contribution in [-0.2, 0) is 4.79 Å². The van der Waals surface area contributed by atoms with Crippen molar-refractivity contribution in [3.05, 3.63) is 0 Å². The SMILES string of the molecule is CCCCCNC[C]=O.